The fourth-order valence-corrected chi connectivity index (χ4v) is 3.99. The SMILES string of the molecule is CCCOC[C@H]1O[C@@H](n2ccc(=O)[nH]c2=O)[C@@H](O[Si](C)(C)C(C)(C)C)C1O. The summed E-state index contributed by atoms with van der Waals surface area (Å²) in [6.07, 6.45) is -0.904. The van der Waals surface area contributed by atoms with Crippen molar-refractivity contribution in [1.82, 2.24) is 9.55 Å². The van der Waals surface area contributed by atoms with Gasteiger partial charge in [0.15, 0.2) is 14.5 Å². The molecular weight excluding hydrogens is 368 g/mol. The average molecular weight is 401 g/mol. The maximum absolute atomic E-state index is 12.3. The van der Waals surface area contributed by atoms with E-state index in [-0.39, 0.29) is 11.6 Å². The van der Waals surface area contributed by atoms with Crippen LogP contribution in [0.4, 0.5) is 0 Å². The number of hydrogen-bond donors (Lipinski definition) is 2. The van der Waals surface area contributed by atoms with Gasteiger partial charge in [0.1, 0.15) is 18.3 Å². The largest absolute Gasteiger partial charge is 0.407 e. The van der Waals surface area contributed by atoms with Crippen LogP contribution in [0, 0.1) is 0 Å². The molecule has 1 saturated heterocycles. The van der Waals surface area contributed by atoms with Gasteiger partial charge in [-0.2, -0.15) is 0 Å². The van der Waals surface area contributed by atoms with Gasteiger partial charge in [0.25, 0.3) is 5.56 Å². The van der Waals surface area contributed by atoms with Crippen molar-refractivity contribution in [2.45, 2.75) is 76.8 Å². The molecule has 1 aromatic heterocycles. The number of aliphatic hydroxyl groups excluding tert-OH is 1. The summed E-state index contributed by atoms with van der Waals surface area (Å²) >= 11 is 0. The van der Waals surface area contributed by atoms with E-state index in [0.717, 1.165) is 6.42 Å². The Hall–Kier alpha value is -1.26. The molecule has 1 aliphatic heterocycles. The van der Waals surface area contributed by atoms with E-state index in [1.165, 1.54) is 16.8 Å². The normalized spacial score (nSPS) is 26.5. The van der Waals surface area contributed by atoms with Crippen molar-refractivity contribution >= 4 is 8.32 Å². The Morgan fingerprint density at radius 2 is 2.00 bits per heavy atom. The summed E-state index contributed by atoms with van der Waals surface area (Å²) in [7, 11) is -2.25. The molecule has 1 fully saturated rings. The minimum absolute atomic E-state index is 0.0793. The first-order valence-electron chi connectivity index (χ1n) is 9.38. The zero-order valence-corrected chi connectivity index (χ0v) is 18.0. The van der Waals surface area contributed by atoms with Crippen LogP contribution >= 0.6 is 0 Å². The molecule has 27 heavy (non-hydrogen) atoms. The molecule has 8 nitrogen and oxygen atoms in total. The van der Waals surface area contributed by atoms with E-state index in [0.29, 0.717) is 6.61 Å². The number of H-pyrrole nitrogens is 1. The van der Waals surface area contributed by atoms with Crippen molar-refractivity contribution in [3.63, 3.8) is 0 Å². The number of aromatic amines is 1. The summed E-state index contributed by atoms with van der Waals surface area (Å²) in [5.41, 5.74) is -1.09. The van der Waals surface area contributed by atoms with Crippen molar-refractivity contribution in [3.8, 4) is 0 Å². The van der Waals surface area contributed by atoms with Gasteiger partial charge in [-0.1, -0.05) is 27.7 Å². The number of nitrogens with zero attached hydrogens (tertiary/aromatic N) is 1. The second kappa shape index (κ2) is 8.40. The number of rotatable bonds is 7. The van der Waals surface area contributed by atoms with Crippen LogP contribution in [0.25, 0.3) is 0 Å². The summed E-state index contributed by atoms with van der Waals surface area (Å²) in [6, 6.07) is 1.25. The summed E-state index contributed by atoms with van der Waals surface area (Å²) in [5, 5.41) is 10.8. The summed E-state index contributed by atoms with van der Waals surface area (Å²) < 4.78 is 19.2. The predicted molar refractivity (Wildman–Crippen MR) is 104 cm³/mol. The molecule has 9 heteroatoms. The first kappa shape index (κ1) is 22.0. The quantitative estimate of drug-likeness (QED) is 0.532. The lowest BCUT2D eigenvalue weighted by molar-refractivity contribution is -0.0674. The Morgan fingerprint density at radius 3 is 2.56 bits per heavy atom. The zero-order chi connectivity index (χ0) is 20.4. The highest BCUT2D eigenvalue weighted by molar-refractivity contribution is 6.74. The molecule has 0 aromatic carbocycles. The van der Waals surface area contributed by atoms with Crippen molar-refractivity contribution in [3.05, 3.63) is 33.1 Å². The first-order chi connectivity index (χ1) is 12.5. The van der Waals surface area contributed by atoms with Crippen LogP contribution in [0.15, 0.2) is 21.9 Å². The van der Waals surface area contributed by atoms with Crippen molar-refractivity contribution in [2.24, 2.45) is 0 Å². The van der Waals surface area contributed by atoms with E-state index in [1.807, 2.05) is 6.92 Å². The average Bonchev–Trinajstić information content (AvgIpc) is 2.83. The minimum Gasteiger partial charge on any atom is -0.407 e. The first-order valence-corrected chi connectivity index (χ1v) is 12.3. The van der Waals surface area contributed by atoms with Gasteiger partial charge in [-0.15, -0.1) is 0 Å². The highest BCUT2D eigenvalue weighted by atomic mass is 28.4. The third kappa shape index (κ3) is 4.97. The van der Waals surface area contributed by atoms with Gasteiger partial charge in [-0.3, -0.25) is 14.3 Å². The lowest BCUT2D eigenvalue weighted by Gasteiger charge is -2.40. The lowest BCUT2D eigenvalue weighted by atomic mass is 10.1. The summed E-state index contributed by atoms with van der Waals surface area (Å²) in [5.74, 6) is 0. The Labute approximate surface area is 160 Å². The standard InChI is InChI=1S/C18H32N2O6Si/c1-7-10-24-11-12-14(22)15(26-27(5,6)18(2,3)4)16(25-12)20-9-8-13(21)19-17(20)23/h8-9,12,14-16,22H,7,10-11H2,1-6H3,(H,19,21,23)/t12-,14?,15+,16-/m1/s1. The molecule has 0 aliphatic carbocycles. The van der Waals surface area contributed by atoms with Gasteiger partial charge in [0, 0.05) is 18.9 Å². The number of aliphatic hydroxyl groups is 1. The zero-order valence-electron chi connectivity index (χ0n) is 17.0. The van der Waals surface area contributed by atoms with Crippen LogP contribution < -0.4 is 11.2 Å². The lowest BCUT2D eigenvalue weighted by Crippen LogP contribution is -2.49. The van der Waals surface area contributed by atoms with Gasteiger partial charge in [0.05, 0.1) is 6.61 Å². The number of ether oxygens (including phenoxy) is 2. The van der Waals surface area contributed by atoms with Crippen LogP contribution in [0.3, 0.4) is 0 Å². The topological polar surface area (TPSA) is 103 Å². The van der Waals surface area contributed by atoms with Crippen molar-refractivity contribution in [2.75, 3.05) is 13.2 Å². The monoisotopic (exact) mass is 400 g/mol. The van der Waals surface area contributed by atoms with Crippen LogP contribution in [0.5, 0.6) is 0 Å². The molecule has 2 N–H and O–H groups in total. The van der Waals surface area contributed by atoms with Gasteiger partial charge >= 0.3 is 5.69 Å². The maximum Gasteiger partial charge on any atom is 0.330 e. The number of nitrogens with one attached hydrogen (secondary N) is 1. The van der Waals surface area contributed by atoms with Gasteiger partial charge < -0.3 is 19.0 Å². The molecule has 0 spiro atoms. The van der Waals surface area contributed by atoms with Crippen molar-refractivity contribution < 1.29 is 19.0 Å². The second-order valence-corrected chi connectivity index (χ2v) is 13.2. The van der Waals surface area contributed by atoms with E-state index < -0.39 is 44.1 Å². The Balaban J connectivity index is 2.34. The highest BCUT2D eigenvalue weighted by Gasteiger charge is 2.50. The van der Waals surface area contributed by atoms with E-state index in [9.17, 15) is 14.7 Å². The molecule has 0 saturated carbocycles. The number of hydrogen-bond acceptors (Lipinski definition) is 6. The molecule has 1 unspecified atom stereocenters. The Kier molecular flexibility index (Phi) is 6.85. The second-order valence-electron chi connectivity index (χ2n) is 8.49. The molecule has 0 bridgehead atoms. The van der Waals surface area contributed by atoms with E-state index >= 15 is 0 Å². The molecule has 154 valence electrons. The van der Waals surface area contributed by atoms with Crippen LogP contribution in [-0.4, -0.2) is 54.5 Å². The van der Waals surface area contributed by atoms with Crippen LogP contribution in [-0.2, 0) is 13.9 Å². The molecule has 2 heterocycles. The molecule has 2 rings (SSSR count). The Bertz CT molecular complexity index is 738. The smallest absolute Gasteiger partial charge is 0.330 e. The van der Waals surface area contributed by atoms with Crippen LogP contribution in [0.2, 0.25) is 18.1 Å². The summed E-state index contributed by atoms with van der Waals surface area (Å²) in [6.45, 7) is 13.2. The Morgan fingerprint density at radius 1 is 1.33 bits per heavy atom. The van der Waals surface area contributed by atoms with Crippen molar-refractivity contribution in [1.29, 1.82) is 0 Å². The van der Waals surface area contributed by atoms with Gasteiger partial charge in [0.2, 0.25) is 0 Å². The molecule has 0 radical (unpaired) electrons. The van der Waals surface area contributed by atoms with E-state index in [2.05, 4.69) is 38.8 Å². The fourth-order valence-electron chi connectivity index (χ4n) is 2.70. The van der Waals surface area contributed by atoms with Gasteiger partial charge in [-0.05, 0) is 24.6 Å². The molecule has 0 amide bonds. The molecule has 1 aromatic rings. The molecular formula is C18H32N2O6Si. The number of aromatic nitrogens is 2. The van der Waals surface area contributed by atoms with Crippen LogP contribution in [0.1, 0.15) is 40.3 Å². The summed E-state index contributed by atoms with van der Waals surface area (Å²) in [4.78, 5) is 25.9. The highest BCUT2D eigenvalue weighted by Crippen LogP contribution is 2.41. The third-order valence-electron chi connectivity index (χ3n) is 5.31. The predicted octanol–water partition coefficient (Wildman–Crippen LogP) is 1.61. The molecule has 4 atom stereocenters. The van der Waals surface area contributed by atoms with Gasteiger partial charge in [-0.25, -0.2) is 4.79 Å². The molecule has 1 aliphatic rings. The minimum atomic E-state index is -2.25. The van der Waals surface area contributed by atoms with E-state index in [1.54, 1.807) is 0 Å². The fraction of sp³-hybridized carbons (Fsp3) is 0.778. The maximum atomic E-state index is 12.3. The third-order valence-corrected chi connectivity index (χ3v) is 9.78. The van der Waals surface area contributed by atoms with E-state index in [4.69, 9.17) is 13.9 Å².